The van der Waals surface area contributed by atoms with Crippen LogP contribution in [0.15, 0.2) is 23.1 Å². The molecule has 1 rings (SSSR count). The van der Waals surface area contributed by atoms with E-state index in [1.807, 2.05) is 26.8 Å². The van der Waals surface area contributed by atoms with Crippen LogP contribution in [0.1, 0.15) is 27.2 Å². The lowest BCUT2D eigenvalue weighted by atomic mass is 9.98. The van der Waals surface area contributed by atoms with Crippen LogP contribution in [0.4, 0.5) is 0 Å². The third-order valence-electron chi connectivity index (χ3n) is 3.00. The van der Waals surface area contributed by atoms with E-state index in [1.54, 1.807) is 23.9 Å². The van der Waals surface area contributed by atoms with Crippen LogP contribution >= 0.6 is 35.0 Å². The number of ether oxygens (including phenoxy) is 1. The van der Waals surface area contributed by atoms with Crippen LogP contribution in [-0.2, 0) is 9.53 Å². The number of hydrogen-bond donors (Lipinski definition) is 1. The number of methoxy groups -OCH3 is 1. The van der Waals surface area contributed by atoms with Crippen molar-refractivity contribution in [2.45, 2.75) is 43.7 Å². The molecule has 0 aliphatic heterocycles. The molecule has 1 aromatic rings. The highest BCUT2D eigenvalue weighted by molar-refractivity contribution is 7.99. The number of thioether (sulfide) groups is 1. The summed E-state index contributed by atoms with van der Waals surface area (Å²) >= 11 is 13.7. The van der Waals surface area contributed by atoms with Crippen LogP contribution in [-0.4, -0.2) is 30.4 Å². The SMILES string of the molecule is COC(=O)C(C)(CCSc1cc(Cl)ccc1Cl)NC(C)C. The van der Waals surface area contributed by atoms with Gasteiger partial charge in [-0.05, 0) is 45.4 Å². The van der Waals surface area contributed by atoms with Gasteiger partial charge in [-0.1, -0.05) is 23.2 Å². The van der Waals surface area contributed by atoms with Gasteiger partial charge in [0.2, 0.25) is 0 Å². The van der Waals surface area contributed by atoms with Gasteiger partial charge in [-0.15, -0.1) is 11.8 Å². The summed E-state index contributed by atoms with van der Waals surface area (Å²) in [6.07, 6.45) is 0.630. The van der Waals surface area contributed by atoms with Gasteiger partial charge in [0.05, 0.1) is 12.1 Å². The molecule has 21 heavy (non-hydrogen) atoms. The number of carbonyl (C=O) groups is 1. The van der Waals surface area contributed by atoms with E-state index in [-0.39, 0.29) is 12.0 Å². The number of halogens is 2. The Hall–Kier alpha value is -0.420. The van der Waals surface area contributed by atoms with E-state index in [0.717, 1.165) is 10.6 Å². The molecule has 0 aliphatic rings. The Morgan fingerprint density at radius 3 is 2.67 bits per heavy atom. The first kappa shape index (κ1) is 18.6. The van der Waals surface area contributed by atoms with Gasteiger partial charge < -0.3 is 4.74 Å². The normalized spacial score (nSPS) is 14.0. The van der Waals surface area contributed by atoms with Gasteiger partial charge in [0.15, 0.2) is 0 Å². The second kappa shape index (κ2) is 8.28. The maximum absolute atomic E-state index is 12.0. The topological polar surface area (TPSA) is 38.3 Å². The van der Waals surface area contributed by atoms with Gasteiger partial charge in [-0.2, -0.15) is 0 Å². The summed E-state index contributed by atoms with van der Waals surface area (Å²) in [5.41, 5.74) is -0.707. The first-order chi connectivity index (χ1) is 9.78. The molecule has 0 fully saturated rings. The van der Waals surface area contributed by atoms with Crippen molar-refractivity contribution in [2.24, 2.45) is 0 Å². The molecule has 3 nitrogen and oxygen atoms in total. The van der Waals surface area contributed by atoms with Crippen molar-refractivity contribution in [1.82, 2.24) is 5.32 Å². The van der Waals surface area contributed by atoms with Crippen LogP contribution in [0.25, 0.3) is 0 Å². The number of carbonyl (C=O) groups excluding carboxylic acids is 1. The smallest absolute Gasteiger partial charge is 0.325 e. The third-order valence-corrected chi connectivity index (χ3v) is 4.73. The maximum Gasteiger partial charge on any atom is 0.325 e. The average molecular weight is 350 g/mol. The average Bonchev–Trinajstić information content (AvgIpc) is 2.40. The monoisotopic (exact) mass is 349 g/mol. The third kappa shape index (κ3) is 5.70. The summed E-state index contributed by atoms with van der Waals surface area (Å²) < 4.78 is 4.90. The Kier molecular flexibility index (Phi) is 7.34. The number of nitrogens with one attached hydrogen (secondary N) is 1. The zero-order valence-corrected chi connectivity index (χ0v) is 15.0. The van der Waals surface area contributed by atoms with Crippen LogP contribution < -0.4 is 5.32 Å². The largest absolute Gasteiger partial charge is 0.468 e. The van der Waals surface area contributed by atoms with Crippen molar-refractivity contribution in [1.29, 1.82) is 0 Å². The van der Waals surface area contributed by atoms with Crippen molar-refractivity contribution >= 4 is 40.9 Å². The van der Waals surface area contributed by atoms with Crippen molar-refractivity contribution in [2.75, 3.05) is 12.9 Å². The molecule has 0 aliphatic carbocycles. The molecule has 0 aromatic heterocycles. The van der Waals surface area contributed by atoms with E-state index in [4.69, 9.17) is 27.9 Å². The van der Waals surface area contributed by atoms with E-state index in [0.29, 0.717) is 16.5 Å². The fraction of sp³-hybridized carbons (Fsp3) is 0.533. The standard InChI is InChI=1S/C15H21Cl2NO2S/c1-10(2)18-15(3,14(19)20-4)7-8-21-13-9-11(16)5-6-12(13)17/h5-6,9-10,18H,7-8H2,1-4H3. The van der Waals surface area contributed by atoms with Crippen LogP contribution in [0.5, 0.6) is 0 Å². The predicted molar refractivity (Wildman–Crippen MR) is 90.5 cm³/mol. The van der Waals surface area contributed by atoms with Crippen molar-refractivity contribution in [3.8, 4) is 0 Å². The summed E-state index contributed by atoms with van der Waals surface area (Å²) in [6, 6.07) is 5.55. The van der Waals surface area contributed by atoms with Crippen LogP contribution in [0.2, 0.25) is 10.0 Å². The van der Waals surface area contributed by atoms with Gasteiger partial charge in [0.25, 0.3) is 0 Å². The molecule has 0 heterocycles. The first-order valence-electron chi connectivity index (χ1n) is 6.72. The molecule has 1 atom stereocenters. The molecule has 1 unspecified atom stereocenters. The predicted octanol–water partition coefficient (Wildman–Crippen LogP) is 4.41. The lowest BCUT2D eigenvalue weighted by molar-refractivity contribution is -0.148. The fourth-order valence-electron chi connectivity index (χ4n) is 2.05. The minimum atomic E-state index is -0.707. The lowest BCUT2D eigenvalue weighted by Crippen LogP contribution is -2.53. The summed E-state index contributed by atoms with van der Waals surface area (Å²) in [5.74, 6) is 0.472. The first-order valence-corrected chi connectivity index (χ1v) is 8.46. The summed E-state index contributed by atoms with van der Waals surface area (Å²) in [5, 5.41) is 4.59. The molecule has 6 heteroatoms. The number of esters is 1. The molecule has 0 saturated heterocycles. The fourth-order valence-corrected chi connectivity index (χ4v) is 3.71. The van der Waals surface area contributed by atoms with Gasteiger partial charge in [0.1, 0.15) is 5.54 Å². The minimum absolute atomic E-state index is 0.189. The van der Waals surface area contributed by atoms with Crippen molar-refractivity contribution in [3.63, 3.8) is 0 Å². The Labute approximate surface area is 140 Å². The van der Waals surface area contributed by atoms with E-state index in [1.165, 1.54) is 7.11 Å². The second-order valence-electron chi connectivity index (χ2n) is 5.30. The molecule has 1 aromatic carbocycles. The van der Waals surface area contributed by atoms with Crippen LogP contribution in [0.3, 0.4) is 0 Å². The highest BCUT2D eigenvalue weighted by atomic mass is 35.5. The van der Waals surface area contributed by atoms with Gasteiger partial charge in [-0.25, -0.2) is 0 Å². The maximum atomic E-state index is 12.0. The van der Waals surface area contributed by atoms with E-state index in [2.05, 4.69) is 5.32 Å². The Morgan fingerprint density at radius 1 is 1.43 bits per heavy atom. The van der Waals surface area contributed by atoms with Crippen molar-refractivity contribution in [3.05, 3.63) is 28.2 Å². The second-order valence-corrected chi connectivity index (χ2v) is 7.28. The van der Waals surface area contributed by atoms with E-state index < -0.39 is 5.54 Å². The Morgan fingerprint density at radius 2 is 2.10 bits per heavy atom. The molecule has 118 valence electrons. The number of benzene rings is 1. The zero-order chi connectivity index (χ0) is 16.0. The molecular weight excluding hydrogens is 329 g/mol. The van der Waals surface area contributed by atoms with Gasteiger partial charge in [0, 0.05) is 21.7 Å². The molecule has 0 bridgehead atoms. The highest BCUT2D eigenvalue weighted by Gasteiger charge is 2.34. The summed E-state index contributed by atoms with van der Waals surface area (Å²) in [6.45, 7) is 5.86. The molecule has 0 amide bonds. The highest BCUT2D eigenvalue weighted by Crippen LogP contribution is 2.31. The van der Waals surface area contributed by atoms with E-state index >= 15 is 0 Å². The quantitative estimate of drug-likeness (QED) is 0.584. The molecule has 1 N–H and O–H groups in total. The van der Waals surface area contributed by atoms with E-state index in [9.17, 15) is 4.79 Å². The summed E-state index contributed by atoms with van der Waals surface area (Å²) in [4.78, 5) is 12.9. The Balaban J connectivity index is 2.69. The number of hydrogen-bond acceptors (Lipinski definition) is 4. The zero-order valence-electron chi connectivity index (χ0n) is 12.7. The molecule has 0 spiro atoms. The van der Waals surface area contributed by atoms with Crippen molar-refractivity contribution < 1.29 is 9.53 Å². The molecule has 0 saturated carbocycles. The van der Waals surface area contributed by atoms with Gasteiger partial charge in [-0.3, -0.25) is 10.1 Å². The van der Waals surface area contributed by atoms with Crippen LogP contribution in [0, 0.1) is 0 Å². The Bertz CT molecular complexity index is 497. The van der Waals surface area contributed by atoms with Gasteiger partial charge >= 0.3 is 5.97 Å². The summed E-state index contributed by atoms with van der Waals surface area (Å²) in [7, 11) is 1.41. The molecule has 0 radical (unpaired) electrons. The lowest BCUT2D eigenvalue weighted by Gasteiger charge is -2.30. The minimum Gasteiger partial charge on any atom is -0.468 e. The molecular formula is C15H21Cl2NO2S. The number of rotatable bonds is 7.